The molecule has 0 bridgehead atoms. The Morgan fingerprint density at radius 1 is 1.39 bits per heavy atom. The molecule has 100 valence electrons. The van der Waals surface area contributed by atoms with E-state index in [1.807, 2.05) is 19.9 Å². The summed E-state index contributed by atoms with van der Waals surface area (Å²) in [5.74, 6) is 0.386. The molecule has 18 heavy (non-hydrogen) atoms. The average Bonchev–Trinajstić information content (AvgIpc) is 2.23. The lowest BCUT2D eigenvalue weighted by molar-refractivity contribution is 0.0945. The van der Waals surface area contributed by atoms with Crippen molar-refractivity contribution in [3.63, 3.8) is 0 Å². The number of aromatic nitrogens is 1. The van der Waals surface area contributed by atoms with Crippen LogP contribution in [0.25, 0.3) is 0 Å². The van der Waals surface area contributed by atoms with Gasteiger partial charge in [-0.15, -0.1) is 0 Å². The number of nitrogens with zero attached hydrogens (tertiary/aromatic N) is 1. The second-order valence-electron chi connectivity index (χ2n) is 5.27. The molecule has 1 amide bonds. The molecule has 0 saturated heterocycles. The van der Waals surface area contributed by atoms with Gasteiger partial charge in [-0.05, 0) is 43.9 Å². The van der Waals surface area contributed by atoms with E-state index in [0.717, 1.165) is 17.7 Å². The standard InChI is InChI=1S/C14H23N3O/c1-9(2)5-12(15)8-16-14(18)13-7-10(3)6-11(4)17-13/h6-7,9,12H,5,8,15H2,1-4H3,(H,16,18). The molecule has 0 aliphatic rings. The zero-order valence-electron chi connectivity index (χ0n) is 11.7. The number of pyridine rings is 1. The number of amides is 1. The Morgan fingerprint density at radius 2 is 2.06 bits per heavy atom. The quantitative estimate of drug-likeness (QED) is 0.836. The molecule has 0 saturated carbocycles. The molecule has 1 aromatic heterocycles. The fraction of sp³-hybridized carbons (Fsp3) is 0.571. The number of carbonyl (C=O) groups is 1. The number of hydrogen-bond donors (Lipinski definition) is 2. The highest BCUT2D eigenvalue weighted by atomic mass is 16.1. The molecule has 1 heterocycles. The van der Waals surface area contributed by atoms with E-state index in [2.05, 4.69) is 24.1 Å². The molecule has 0 aliphatic carbocycles. The number of carbonyl (C=O) groups excluding carboxylic acids is 1. The molecule has 4 heteroatoms. The van der Waals surface area contributed by atoms with E-state index >= 15 is 0 Å². The zero-order valence-corrected chi connectivity index (χ0v) is 11.7. The molecule has 0 fully saturated rings. The Kier molecular flexibility index (Phi) is 5.28. The number of nitrogens with one attached hydrogen (secondary N) is 1. The van der Waals surface area contributed by atoms with Crippen LogP contribution in [-0.2, 0) is 0 Å². The van der Waals surface area contributed by atoms with Crippen LogP contribution in [0.1, 0.15) is 42.0 Å². The monoisotopic (exact) mass is 249 g/mol. The van der Waals surface area contributed by atoms with Crippen LogP contribution in [0.4, 0.5) is 0 Å². The van der Waals surface area contributed by atoms with E-state index < -0.39 is 0 Å². The summed E-state index contributed by atoms with van der Waals surface area (Å²) in [4.78, 5) is 16.1. The van der Waals surface area contributed by atoms with E-state index in [4.69, 9.17) is 5.73 Å². The Hall–Kier alpha value is -1.42. The number of nitrogens with two attached hydrogens (primary N) is 1. The molecule has 1 rings (SSSR count). The molecule has 3 N–H and O–H groups in total. The maximum absolute atomic E-state index is 11.9. The first kappa shape index (κ1) is 14.6. The van der Waals surface area contributed by atoms with Gasteiger partial charge in [-0.25, -0.2) is 4.98 Å². The first-order chi connectivity index (χ1) is 8.38. The van der Waals surface area contributed by atoms with Crippen molar-refractivity contribution in [1.29, 1.82) is 0 Å². The SMILES string of the molecule is Cc1cc(C)nc(C(=O)NCC(N)CC(C)C)c1. The van der Waals surface area contributed by atoms with Gasteiger partial charge in [0.15, 0.2) is 0 Å². The summed E-state index contributed by atoms with van der Waals surface area (Å²) in [6.45, 7) is 8.57. The Bertz CT molecular complexity index is 395. The summed E-state index contributed by atoms with van der Waals surface area (Å²) in [7, 11) is 0. The van der Waals surface area contributed by atoms with Crippen LogP contribution < -0.4 is 11.1 Å². The van der Waals surface area contributed by atoms with Crippen molar-refractivity contribution in [1.82, 2.24) is 10.3 Å². The highest BCUT2D eigenvalue weighted by Crippen LogP contribution is 2.05. The predicted molar refractivity (Wildman–Crippen MR) is 73.5 cm³/mol. The molecule has 0 spiro atoms. The van der Waals surface area contributed by atoms with Crippen LogP contribution in [-0.4, -0.2) is 23.5 Å². The third kappa shape index (κ3) is 4.84. The summed E-state index contributed by atoms with van der Waals surface area (Å²) in [6.07, 6.45) is 0.903. The van der Waals surface area contributed by atoms with Gasteiger partial charge in [-0.2, -0.15) is 0 Å². The smallest absolute Gasteiger partial charge is 0.269 e. The van der Waals surface area contributed by atoms with E-state index in [0.29, 0.717) is 18.2 Å². The van der Waals surface area contributed by atoms with E-state index in [9.17, 15) is 4.79 Å². The average molecular weight is 249 g/mol. The second-order valence-corrected chi connectivity index (χ2v) is 5.27. The van der Waals surface area contributed by atoms with Crippen molar-refractivity contribution >= 4 is 5.91 Å². The largest absolute Gasteiger partial charge is 0.349 e. The maximum Gasteiger partial charge on any atom is 0.269 e. The van der Waals surface area contributed by atoms with Gasteiger partial charge in [-0.3, -0.25) is 4.79 Å². The van der Waals surface area contributed by atoms with Gasteiger partial charge in [-0.1, -0.05) is 13.8 Å². The third-order valence-electron chi connectivity index (χ3n) is 2.63. The third-order valence-corrected chi connectivity index (χ3v) is 2.63. The molecule has 0 aliphatic heterocycles. The zero-order chi connectivity index (χ0) is 13.7. The summed E-state index contributed by atoms with van der Waals surface area (Å²) >= 11 is 0. The minimum atomic E-state index is -0.152. The van der Waals surface area contributed by atoms with Crippen LogP contribution in [0.2, 0.25) is 0 Å². The van der Waals surface area contributed by atoms with Crippen molar-refractivity contribution in [2.24, 2.45) is 11.7 Å². The normalized spacial score (nSPS) is 12.6. The lowest BCUT2D eigenvalue weighted by atomic mass is 10.0. The minimum Gasteiger partial charge on any atom is -0.349 e. The van der Waals surface area contributed by atoms with Crippen molar-refractivity contribution in [2.75, 3.05) is 6.54 Å². The first-order valence-electron chi connectivity index (χ1n) is 6.37. The molecule has 1 atom stereocenters. The number of aryl methyl sites for hydroxylation is 2. The van der Waals surface area contributed by atoms with Gasteiger partial charge >= 0.3 is 0 Å². The number of hydrogen-bond acceptors (Lipinski definition) is 3. The van der Waals surface area contributed by atoms with Gasteiger partial charge in [0, 0.05) is 18.3 Å². The van der Waals surface area contributed by atoms with E-state index in [1.165, 1.54) is 0 Å². The molecule has 4 nitrogen and oxygen atoms in total. The Morgan fingerprint density at radius 3 is 2.61 bits per heavy atom. The van der Waals surface area contributed by atoms with Crippen LogP contribution in [0, 0.1) is 19.8 Å². The van der Waals surface area contributed by atoms with Gasteiger partial charge in [0.1, 0.15) is 5.69 Å². The Labute approximate surface area is 109 Å². The van der Waals surface area contributed by atoms with Crippen LogP contribution in [0.5, 0.6) is 0 Å². The lowest BCUT2D eigenvalue weighted by Gasteiger charge is -2.14. The van der Waals surface area contributed by atoms with Gasteiger partial charge < -0.3 is 11.1 Å². The minimum absolute atomic E-state index is 0.000133. The maximum atomic E-state index is 11.9. The van der Waals surface area contributed by atoms with E-state index in [-0.39, 0.29) is 11.9 Å². The molecular formula is C14H23N3O. The Balaban J connectivity index is 2.55. The van der Waals surface area contributed by atoms with Crippen LogP contribution in [0.3, 0.4) is 0 Å². The first-order valence-corrected chi connectivity index (χ1v) is 6.37. The molecular weight excluding hydrogens is 226 g/mol. The van der Waals surface area contributed by atoms with E-state index in [1.54, 1.807) is 6.07 Å². The van der Waals surface area contributed by atoms with Crippen molar-refractivity contribution in [3.8, 4) is 0 Å². The van der Waals surface area contributed by atoms with Crippen LogP contribution >= 0.6 is 0 Å². The number of rotatable bonds is 5. The van der Waals surface area contributed by atoms with Gasteiger partial charge in [0.25, 0.3) is 5.91 Å². The lowest BCUT2D eigenvalue weighted by Crippen LogP contribution is -2.38. The fourth-order valence-electron chi connectivity index (χ4n) is 1.96. The van der Waals surface area contributed by atoms with Crippen LogP contribution in [0.15, 0.2) is 12.1 Å². The predicted octanol–water partition coefficient (Wildman–Crippen LogP) is 1.80. The van der Waals surface area contributed by atoms with Crippen molar-refractivity contribution < 1.29 is 4.79 Å². The van der Waals surface area contributed by atoms with Gasteiger partial charge in [0.05, 0.1) is 0 Å². The van der Waals surface area contributed by atoms with Crippen molar-refractivity contribution in [2.45, 2.75) is 40.2 Å². The second kappa shape index (κ2) is 6.50. The summed E-state index contributed by atoms with van der Waals surface area (Å²) < 4.78 is 0. The molecule has 0 radical (unpaired) electrons. The van der Waals surface area contributed by atoms with Gasteiger partial charge in [0.2, 0.25) is 0 Å². The molecule has 1 aromatic rings. The molecule has 0 aromatic carbocycles. The summed E-state index contributed by atoms with van der Waals surface area (Å²) in [6, 6.07) is 3.73. The fourth-order valence-corrected chi connectivity index (χ4v) is 1.96. The van der Waals surface area contributed by atoms with Crippen molar-refractivity contribution in [3.05, 3.63) is 29.1 Å². The highest BCUT2D eigenvalue weighted by Gasteiger charge is 2.11. The summed E-state index contributed by atoms with van der Waals surface area (Å²) in [5.41, 5.74) is 8.28. The molecule has 1 unspecified atom stereocenters. The summed E-state index contributed by atoms with van der Waals surface area (Å²) in [5, 5.41) is 2.83. The highest BCUT2D eigenvalue weighted by molar-refractivity contribution is 5.92. The topological polar surface area (TPSA) is 68.0 Å².